The summed E-state index contributed by atoms with van der Waals surface area (Å²) in [4.78, 5) is 15.3. The van der Waals surface area contributed by atoms with Gasteiger partial charge >= 0.3 is 0 Å². The molecule has 2 aromatic rings. The Hall–Kier alpha value is -1.85. The fourth-order valence-electron chi connectivity index (χ4n) is 4.20. The van der Waals surface area contributed by atoms with Crippen molar-refractivity contribution in [1.82, 2.24) is 10.2 Å². The number of hydrogen-bond donors (Lipinski definition) is 1. The first-order chi connectivity index (χ1) is 12.7. The van der Waals surface area contributed by atoms with Gasteiger partial charge in [0.25, 0.3) is 0 Å². The lowest BCUT2D eigenvalue weighted by Gasteiger charge is -2.29. The molecule has 1 amide bonds. The number of methoxy groups -OCH3 is 1. The Bertz CT molecular complexity index is 736. The maximum atomic E-state index is 13.2. The van der Waals surface area contributed by atoms with E-state index < -0.39 is 0 Å². The highest BCUT2D eigenvalue weighted by molar-refractivity contribution is 7.07. The SMILES string of the molecule is COc1ccc(CC(=O)N(Cc2ccsc2)C2CC23CCNCC3)cc1. The summed E-state index contributed by atoms with van der Waals surface area (Å²) in [6.07, 6.45) is 3.99. The lowest BCUT2D eigenvalue weighted by atomic mass is 9.93. The third-order valence-corrected chi connectivity index (χ3v) is 6.62. The smallest absolute Gasteiger partial charge is 0.227 e. The van der Waals surface area contributed by atoms with Crippen molar-refractivity contribution in [1.29, 1.82) is 0 Å². The molecule has 2 aliphatic rings. The van der Waals surface area contributed by atoms with Crippen molar-refractivity contribution in [2.75, 3.05) is 20.2 Å². The lowest BCUT2D eigenvalue weighted by molar-refractivity contribution is -0.132. The number of hydrogen-bond acceptors (Lipinski definition) is 4. The van der Waals surface area contributed by atoms with Crippen LogP contribution in [0.5, 0.6) is 5.75 Å². The average Bonchev–Trinajstić information content (AvgIpc) is 3.09. The molecule has 1 aliphatic heterocycles. The van der Waals surface area contributed by atoms with Crippen molar-refractivity contribution in [2.45, 2.75) is 38.3 Å². The van der Waals surface area contributed by atoms with Crippen LogP contribution < -0.4 is 10.1 Å². The highest BCUT2D eigenvalue weighted by atomic mass is 32.1. The van der Waals surface area contributed by atoms with Crippen molar-refractivity contribution < 1.29 is 9.53 Å². The minimum Gasteiger partial charge on any atom is -0.497 e. The summed E-state index contributed by atoms with van der Waals surface area (Å²) in [6.45, 7) is 2.89. The molecule has 2 fully saturated rings. The second kappa shape index (κ2) is 7.41. The average molecular weight is 371 g/mol. The number of nitrogens with one attached hydrogen (secondary N) is 1. The third kappa shape index (κ3) is 3.64. The zero-order valence-electron chi connectivity index (χ0n) is 15.2. The van der Waals surface area contributed by atoms with E-state index in [1.54, 1.807) is 18.4 Å². The van der Waals surface area contributed by atoms with Crippen LogP contribution in [-0.2, 0) is 17.8 Å². The molecule has 26 heavy (non-hydrogen) atoms. The fraction of sp³-hybridized carbons (Fsp3) is 0.476. The molecule has 0 bridgehead atoms. The standard InChI is InChI=1S/C21H26N2O2S/c1-25-18-4-2-16(3-5-18)12-20(24)23(14-17-6-11-26-15-17)19-13-21(19)7-9-22-10-8-21/h2-6,11,15,19,22H,7-10,12-14H2,1H3. The molecule has 1 N–H and O–H groups in total. The maximum Gasteiger partial charge on any atom is 0.227 e. The van der Waals surface area contributed by atoms with Gasteiger partial charge in [-0.25, -0.2) is 0 Å². The van der Waals surface area contributed by atoms with Gasteiger partial charge in [-0.3, -0.25) is 4.79 Å². The molecule has 1 unspecified atom stereocenters. The Kier molecular flexibility index (Phi) is 5.00. The van der Waals surface area contributed by atoms with Crippen molar-refractivity contribution in [3.63, 3.8) is 0 Å². The Morgan fingerprint density at radius 2 is 2.00 bits per heavy atom. The molecule has 1 saturated heterocycles. The predicted molar refractivity (Wildman–Crippen MR) is 105 cm³/mol. The van der Waals surface area contributed by atoms with Crippen LogP contribution >= 0.6 is 11.3 Å². The number of carbonyl (C=O) groups excluding carboxylic acids is 1. The monoisotopic (exact) mass is 370 g/mol. The number of amides is 1. The van der Waals surface area contributed by atoms with E-state index in [0.717, 1.165) is 37.4 Å². The van der Waals surface area contributed by atoms with E-state index in [2.05, 4.69) is 27.0 Å². The molecule has 1 aliphatic carbocycles. The second-order valence-electron chi connectivity index (χ2n) is 7.51. The molecule has 2 heterocycles. The number of carbonyl (C=O) groups is 1. The van der Waals surface area contributed by atoms with Gasteiger partial charge < -0.3 is 15.0 Å². The topological polar surface area (TPSA) is 41.6 Å². The molecule has 1 atom stereocenters. The first-order valence-corrected chi connectivity index (χ1v) is 10.3. The van der Waals surface area contributed by atoms with Crippen LogP contribution in [0.3, 0.4) is 0 Å². The minimum atomic E-state index is 0.238. The quantitative estimate of drug-likeness (QED) is 0.847. The van der Waals surface area contributed by atoms with Crippen molar-refractivity contribution in [3.8, 4) is 5.75 Å². The number of rotatable bonds is 6. The summed E-state index contributed by atoms with van der Waals surface area (Å²) in [7, 11) is 1.66. The Morgan fingerprint density at radius 3 is 2.65 bits per heavy atom. The predicted octanol–water partition coefficient (Wildman–Crippen LogP) is 3.47. The Labute approximate surface area is 159 Å². The Balaban J connectivity index is 1.49. The highest BCUT2D eigenvalue weighted by Crippen LogP contribution is 2.56. The molecule has 1 aromatic heterocycles. The summed E-state index contributed by atoms with van der Waals surface area (Å²) < 4.78 is 5.22. The first kappa shape index (κ1) is 17.6. The molecular weight excluding hydrogens is 344 g/mol. The number of ether oxygens (including phenoxy) is 1. The van der Waals surface area contributed by atoms with E-state index in [-0.39, 0.29) is 5.91 Å². The van der Waals surface area contributed by atoms with Crippen LogP contribution in [0.25, 0.3) is 0 Å². The van der Waals surface area contributed by atoms with Crippen LogP contribution in [0.15, 0.2) is 41.1 Å². The van der Waals surface area contributed by atoms with Gasteiger partial charge in [0, 0.05) is 12.6 Å². The zero-order valence-corrected chi connectivity index (χ0v) is 16.1. The molecule has 138 valence electrons. The van der Waals surface area contributed by atoms with E-state index >= 15 is 0 Å². The lowest BCUT2D eigenvalue weighted by Crippen LogP contribution is -2.39. The summed E-state index contributed by atoms with van der Waals surface area (Å²) in [5, 5.41) is 7.70. The van der Waals surface area contributed by atoms with Crippen molar-refractivity contribution >= 4 is 17.2 Å². The molecule has 4 nitrogen and oxygen atoms in total. The van der Waals surface area contributed by atoms with Gasteiger partial charge in [-0.05, 0) is 77.9 Å². The molecule has 1 aromatic carbocycles. The second-order valence-corrected chi connectivity index (χ2v) is 8.29. The molecule has 4 rings (SSSR count). The Morgan fingerprint density at radius 1 is 1.23 bits per heavy atom. The van der Waals surface area contributed by atoms with Crippen LogP contribution in [0.1, 0.15) is 30.4 Å². The molecular formula is C21H26N2O2S. The molecule has 1 saturated carbocycles. The van der Waals surface area contributed by atoms with E-state index in [4.69, 9.17) is 4.74 Å². The van der Waals surface area contributed by atoms with Gasteiger partial charge in [0.15, 0.2) is 0 Å². The van der Waals surface area contributed by atoms with Crippen LogP contribution in [0, 0.1) is 5.41 Å². The molecule has 5 heteroatoms. The summed E-state index contributed by atoms with van der Waals surface area (Å²) in [5.74, 6) is 1.06. The van der Waals surface area contributed by atoms with Crippen LogP contribution in [0.4, 0.5) is 0 Å². The third-order valence-electron chi connectivity index (χ3n) is 5.89. The normalized spacial score (nSPS) is 20.7. The van der Waals surface area contributed by atoms with Gasteiger partial charge in [-0.2, -0.15) is 11.3 Å². The number of piperidine rings is 1. The summed E-state index contributed by atoms with van der Waals surface area (Å²) in [6, 6.07) is 10.4. The van der Waals surface area contributed by atoms with E-state index in [9.17, 15) is 4.79 Å². The minimum absolute atomic E-state index is 0.238. The first-order valence-electron chi connectivity index (χ1n) is 9.34. The number of thiophene rings is 1. The van der Waals surface area contributed by atoms with Gasteiger partial charge in [-0.15, -0.1) is 0 Å². The van der Waals surface area contributed by atoms with Crippen molar-refractivity contribution in [2.24, 2.45) is 5.41 Å². The molecule has 0 radical (unpaired) electrons. The van der Waals surface area contributed by atoms with E-state index in [1.807, 2.05) is 24.3 Å². The van der Waals surface area contributed by atoms with Gasteiger partial charge in [0.1, 0.15) is 5.75 Å². The number of nitrogens with zero attached hydrogens (tertiary/aromatic N) is 1. The van der Waals surface area contributed by atoms with Crippen molar-refractivity contribution in [3.05, 3.63) is 52.2 Å². The summed E-state index contributed by atoms with van der Waals surface area (Å²) in [5.41, 5.74) is 2.65. The highest BCUT2D eigenvalue weighted by Gasteiger charge is 2.57. The number of benzene rings is 1. The maximum absolute atomic E-state index is 13.2. The zero-order chi connectivity index (χ0) is 18.0. The van der Waals surface area contributed by atoms with Gasteiger partial charge in [-0.1, -0.05) is 12.1 Å². The fourth-order valence-corrected chi connectivity index (χ4v) is 4.86. The largest absolute Gasteiger partial charge is 0.497 e. The van der Waals surface area contributed by atoms with Crippen LogP contribution in [0.2, 0.25) is 0 Å². The van der Waals surface area contributed by atoms with E-state index in [1.165, 1.54) is 18.4 Å². The van der Waals surface area contributed by atoms with E-state index in [0.29, 0.717) is 17.9 Å². The molecule has 1 spiro atoms. The van der Waals surface area contributed by atoms with Crippen LogP contribution in [-0.4, -0.2) is 37.0 Å². The summed E-state index contributed by atoms with van der Waals surface area (Å²) >= 11 is 1.70. The van der Waals surface area contributed by atoms with Gasteiger partial charge in [0.05, 0.1) is 13.5 Å². The van der Waals surface area contributed by atoms with Gasteiger partial charge in [0.2, 0.25) is 5.91 Å².